The van der Waals surface area contributed by atoms with Gasteiger partial charge < -0.3 is 4.90 Å². The number of aromatic nitrogens is 2. The Morgan fingerprint density at radius 1 is 1.12 bits per heavy atom. The van der Waals surface area contributed by atoms with Crippen molar-refractivity contribution in [2.75, 3.05) is 20.6 Å². The maximum Gasteiger partial charge on any atom is 0.253 e. The van der Waals surface area contributed by atoms with Crippen LogP contribution in [-0.2, 0) is 13.0 Å². The van der Waals surface area contributed by atoms with Crippen LogP contribution in [0.1, 0.15) is 21.5 Å². The Kier molecular flexibility index (Phi) is 4.39. The fourth-order valence-electron chi connectivity index (χ4n) is 3.64. The van der Waals surface area contributed by atoms with Crippen molar-refractivity contribution in [1.29, 1.82) is 0 Å². The van der Waals surface area contributed by atoms with E-state index in [1.807, 2.05) is 30.1 Å². The summed E-state index contributed by atoms with van der Waals surface area (Å²) in [6.45, 7) is 1.62. The normalized spacial score (nSPS) is 17.1. The van der Waals surface area contributed by atoms with E-state index in [0.29, 0.717) is 18.2 Å². The number of carbonyl (C=O) groups excluding carboxylic acids is 1. The molecule has 0 radical (unpaired) electrons. The summed E-state index contributed by atoms with van der Waals surface area (Å²) < 4.78 is 0. The molecule has 5 heteroatoms. The zero-order valence-corrected chi connectivity index (χ0v) is 15.1. The lowest BCUT2D eigenvalue weighted by atomic mass is 9.94. The fourth-order valence-corrected chi connectivity index (χ4v) is 3.64. The van der Waals surface area contributed by atoms with E-state index in [1.165, 1.54) is 11.1 Å². The molecule has 1 aromatic heterocycles. The molecule has 0 fully saturated rings. The second-order valence-corrected chi connectivity index (χ2v) is 6.99. The van der Waals surface area contributed by atoms with E-state index in [1.54, 1.807) is 12.4 Å². The molecule has 0 bridgehead atoms. The highest BCUT2D eigenvalue weighted by atomic mass is 16.2. The van der Waals surface area contributed by atoms with E-state index in [2.05, 4.69) is 46.2 Å². The van der Waals surface area contributed by atoms with Crippen LogP contribution < -0.4 is 0 Å². The predicted octanol–water partition coefficient (Wildman–Crippen LogP) is 2.76. The number of hydrogen-bond donors (Lipinski definition) is 0. The molecule has 2 aromatic carbocycles. The van der Waals surface area contributed by atoms with E-state index >= 15 is 0 Å². The van der Waals surface area contributed by atoms with Gasteiger partial charge in [-0.05, 0) is 42.8 Å². The Labute approximate surface area is 153 Å². The molecule has 26 heavy (non-hydrogen) atoms. The molecule has 1 unspecified atom stereocenters. The summed E-state index contributed by atoms with van der Waals surface area (Å²) in [4.78, 5) is 25.6. The highest BCUT2D eigenvalue weighted by Gasteiger charge is 2.25. The minimum atomic E-state index is 0.0183. The number of fused-ring (bicyclic) bond motifs is 2. The molecule has 1 aliphatic rings. The van der Waals surface area contributed by atoms with Gasteiger partial charge >= 0.3 is 0 Å². The van der Waals surface area contributed by atoms with Crippen LogP contribution in [0.5, 0.6) is 0 Å². The first-order valence-corrected chi connectivity index (χ1v) is 8.85. The molecule has 132 valence electrons. The lowest BCUT2D eigenvalue weighted by Crippen LogP contribution is -2.46. The summed E-state index contributed by atoms with van der Waals surface area (Å²) in [6.07, 6.45) is 4.27. The van der Waals surface area contributed by atoms with Crippen LogP contribution in [0, 0.1) is 0 Å². The molecule has 0 saturated carbocycles. The van der Waals surface area contributed by atoms with Gasteiger partial charge in [0.15, 0.2) is 0 Å². The average Bonchev–Trinajstić information content (AvgIpc) is 2.67. The summed E-state index contributed by atoms with van der Waals surface area (Å²) in [5, 5.41) is 0. The zero-order valence-electron chi connectivity index (χ0n) is 15.1. The number of benzene rings is 2. The van der Waals surface area contributed by atoms with Gasteiger partial charge in [-0.15, -0.1) is 0 Å². The van der Waals surface area contributed by atoms with Crippen molar-refractivity contribution in [2.45, 2.75) is 19.0 Å². The van der Waals surface area contributed by atoms with Crippen molar-refractivity contribution in [3.05, 3.63) is 71.5 Å². The Morgan fingerprint density at radius 2 is 1.85 bits per heavy atom. The third kappa shape index (κ3) is 3.18. The van der Waals surface area contributed by atoms with E-state index in [0.717, 1.165) is 24.0 Å². The van der Waals surface area contributed by atoms with Gasteiger partial charge in [0.05, 0.1) is 11.0 Å². The highest BCUT2D eigenvalue weighted by molar-refractivity contribution is 5.97. The van der Waals surface area contributed by atoms with Crippen molar-refractivity contribution in [2.24, 2.45) is 0 Å². The van der Waals surface area contributed by atoms with Gasteiger partial charge in [-0.3, -0.25) is 19.7 Å². The largest absolute Gasteiger partial charge is 0.340 e. The molecule has 3 aromatic rings. The van der Waals surface area contributed by atoms with E-state index in [9.17, 15) is 4.79 Å². The number of carbonyl (C=O) groups is 1. The van der Waals surface area contributed by atoms with Gasteiger partial charge in [0.2, 0.25) is 0 Å². The minimum Gasteiger partial charge on any atom is -0.340 e. The maximum absolute atomic E-state index is 12.9. The van der Waals surface area contributed by atoms with Crippen LogP contribution in [0.2, 0.25) is 0 Å². The van der Waals surface area contributed by atoms with Crippen LogP contribution in [0.4, 0.5) is 0 Å². The maximum atomic E-state index is 12.9. The molecule has 0 N–H and O–H groups in total. The monoisotopic (exact) mass is 346 g/mol. The third-order valence-corrected chi connectivity index (χ3v) is 5.16. The number of amides is 1. The molecule has 4 rings (SSSR count). The molecule has 1 atom stereocenters. The van der Waals surface area contributed by atoms with E-state index in [4.69, 9.17) is 0 Å². The van der Waals surface area contributed by atoms with Gasteiger partial charge in [-0.2, -0.15) is 0 Å². The minimum absolute atomic E-state index is 0.0183. The Hall–Kier alpha value is -2.79. The standard InChI is InChI=1S/C21H22N4O/c1-24-13-17-6-4-3-5-15(17)11-18(24)14-25(2)21(26)16-7-8-19-20(12-16)23-10-9-22-19/h3-10,12,18H,11,13-14H2,1-2H3. The smallest absolute Gasteiger partial charge is 0.253 e. The van der Waals surface area contributed by atoms with Crippen LogP contribution in [-0.4, -0.2) is 52.4 Å². The van der Waals surface area contributed by atoms with Crippen LogP contribution in [0.15, 0.2) is 54.9 Å². The molecular formula is C21H22N4O. The molecule has 0 saturated heterocycles. The van der Waals surface area contributed by atoms with Crippen LogP contribution in [0.25, 0.3) is 11.0 Å². The van der Waals surface area contributed by atoms with Crippen molar-refractivity contribution in [3.8, 4) is 0 Å². The number of rotatable bonds is 3. The quantitative estimate of drug-likeness (QED) is 0.732. The summed E-state index contributed by atoms with van der Waals surface area (Å²) in [5.41, 5.74) is 4.97. The lowest BCUT2D eigenvalue weighted by Gasteiger charge is -2.36. The van der Waals surface area contributed by atoms with Gasteiger partial charge in [-0.25, -0.2) is 0 Å². The van der Waals surface area contributed by atoms with Crippen LogP contribution in [0.3, 0.4) is 0 Å². The van der Waals surface area contributed by atoms with Crippen molar-refractivity contribution >= 4 is 16.9 Å². The van der Waals surface area contributed by atoms with Crippen molar-refractivity contribution < 1.29 is 4.79 Å². The van der Waals surface area contributed by atoms with Crippen molar-refractivity contribution in [3.63, 3.8) is 0 Å². The SMILES string of the molecule is CN(CC1Cc2ccccc2CN1C)C(=O)c1ccc2nccnc2c1. The summed E-state index contributed by atoms with van der Waals surface area (Å²) >= 11 is 0. The number of likely N-dealkylation sites (N-methyl/N-ethyl adjacent to an activating group) is 2. The second kappa shape index (κ2) is 6.84. The second-order valence-electron chi connectivity index (χ2n) is 6.99. The Morgan fingerprint density at radius 3 is 2.65 bits per heavy atom. The van der Waals surface area contributed by atoms with Crippen molar-refractivity contribution in [1.82, 2.24) is 19.8 Å². The summed E-state index contributed by atoms with van der Waals surface area (Å²) in [7, 11) is 4.00. The van der Waals surface area contributed by atoms with Gasteiger partial charge in [-0.1, -0.05) is 24.3 Å². The highest BCUT2D eigenvalue weighted by Crippen LogP contribution is 2.22. The molecule has 1 aliphatic heterocycles. The molecule has 0 aliphatic carbocycles. The first kappa shape index (κ1) is 16.7. The van der Waals surface area contributed by atoms with Gasteiger partial charge in [0.25, 0.3) is 5.91 Å². The molecule has 5 nitrogen and oxygen atoms in total. The Balaban J connectivity index is 1.50. The van der Waals surface area contributed by atoms with Crippen LogP contribution >= 0.6 is 0 Å². The molecule has 0 spiro atoms. The average molecular weight is 346 g/mol. The van der Waals surface area contributed by atoms with E-state index < -0.39 is 0 Å². The Bertz CT molecular complexity index is 955. The summed E-state index contributed by atoms with van der Waals surface area (Å²) in [6, 6.07) is 14.4. The summed E-state index contributed by atoms with van der Waals surface area (Å²) in [5.74, 6) is 0.0183. The number of hydrogen-bond acceptors (Lipinski definition) is 4. The molecule has 1 amide bonds. The predicted molar refractivity (Wildman–Crippen MR) is 102 cm³/mol. The first-order chi connectivity index (χ1) is 12.6. The van der Waals surface area contributed by atoms with Gasteiger partial charge in [0.1, 0.15) is 0 Å². The fraction of sp³-hybridized carbons (Fsp3) is 0.286. The first-order valence-electron chi connectivity index (χ1n) is 8.85. The molecule has 2 heterocycles. The zero-order chi connectivity index (χ0) is 18.1. The topological polar surface area (TPSA) is 49.3 Å². The molecular weight excluding hydrogens is 324 g/mol. The number of nitrogens with zero attached hydrogens (tertiary/aromatic N) is 4. The third-order valence-electron chi connectivity index (χ3n) is 5.16. The van der Waals surface area contributed by atoms with Gasteiger partial charge in [0, 0.05) is 44.1 Å². The lowest BCUT2D eigenvalue weighted by molar-refractivity contribution is 0.0733. The van der Waals surface area contributed by atoms with E-state index in [-0.39, 0.29) is 5.91 Å².